The lowest BCUT2D eigenvalue weighted by Gasteiger charge is -2.18. The molecular formula is C13H16N4O2S. The molecule has 106 valence electrons. The van der Waals surface area contributed by atoms with Gasteiger partial charge in [-0.05, 0) is 31.9 Å². The maximum Gasteiger partial charge on any atom is 0.277 e. The van der Waals surface area contributed by atoms with E-state index in [1.54, 1.807) is 6.20 Å². The molecule has 3 heterocycles. The molecule has 7 heteroatoms. The van der Waals surface area contributed by atoms with Gasteiger partial charge in [0.2, 0.25) is 5.91 Å². The Bertz CT molecular complexity index is 575. The Morgan fingerprint density at radius 1 is 1.45 bits per heavy atom. The minimum Gasteiger partial charge on any atom is -0.410 e. The van der Waals surface area contributed by atoms with Gasteiger partial charge in [0.25, 0.3) is 11.1 Å². The van der Waals surface area contributed by atoms with Crippen LogP contribution in [0.1, 0.15) is 19.8 Å². The maximum absolute atomic E-state index is 12.2. The number of rotatable bonds is 4. The molecule has 1 aliphatic heterocycles. The molecule has 20 heavy (non-hydrogen) atoms. The van der Waals surface area contributed by atoms with Crippen LogP contribution in [0.4, 0.5) is 0 Å². The molecule has 1 aliphatic rings. The second-order valence-electron chi connectivity index (χ2n) is 4.75. The fourth-order valence-electron chi connectivity index (χ4n) is 2.23. The number of aromatic amines is 1. The van der Waals surface area contributed by atoms with E-state index >= 15 is 0 Å². The van der Waals surface area contributed by atoms with Gasteiger partial charge in [0.1, 0.15) is 5.69 Å². The zero-order chi connectivity index (χ0) is 13.9. The summed E-state index contributed by atoms with van der Waals surface area (Å²) in [5.41, 5.74) is 0.780. The Balaban J connectivity index is 1.64. The Morgan fingerprint density at radius 2 is 2.25 bits per heavy atom. The lowest BCUT2D eigenvalue weighted by Crippen LogP contribution is -2.34. The molecule has 6 nitrogen and oxygen atoms in total. The van der Waals surface area contributed by atoms with Gasteiger partial charge < -0.3 is 14.3 Å². The molecule has 0 saturated carbocycles. The molecule has 0 aliphatic carbocycles. The number of thioether (sulfide) groups is 1. The van der Waals surface area contributed by atoms with Gasteiger partial charge >= 0.3 is 0 Å². The van der Waals surface area contributed by atoms with Crippen molar-refractivity contribution in [3.63, 3.8) is 0 Å². The van der Waals surface area contributed by atoms with Gasteiger partial charge in [-0.25, -0.2) is 0 Å². The average Bonchev–Trinajstić information content (AvgIpc) is 3.19. The van der Waals surface area contributed by atoms with Crippen LogP contribution < -0.4 is 0 Å². The smallest absolute Gasteiger partial charge is 0.277 e. The molecule has 1 N–H and O–H groups in total. The largest absolute Gasteiger partial charge is 0.410 e. The van der Waals surface area contributed by atoms with E-state index in [0.29, 0.717) is 11.1 Å². The maximum atomic E-state index is 12.2. The third-order valence-electron chi connectivity index (χ3n) is 3.28. The van der Waals surface area contributed by atoms with Gasteiger partial charge in [-0.1, -0.05) is 11.8 Å². The summed E-state index contributed by atoms with van der Waals surface area (Å²) in [6.07, 6.45) is 3.99. The van der Waals surface area contributed by atoms with Gasteiger partial charge in [0.05, 0.1) is 5.25 Å². The number of nitrogens with one attached hydrogen (secondary N) is 1. The molecule has 0 radical (unpaired) electrons. The first-order valence-electron chi connectivity index (χ1n) is 6.67. The van der Waals surface area contributed by atoms with E-state index in [2.05, 4.69) is 15.2 Å². The Labute approximate surface area is 120 Å². The van der Waals surface area contributed by atoms with Crippen molar-refractivity contribution in [1.29, 1.82) is 0 Å². The molecule has 0 unspecified atom stereocenters. The van der Waals surface area contributed by atoms with Crippen molar-refractivity contribution in [1.82, 2.24) is 20.1 Å². The highest BCUT2D eigenvalue weighted by atomic mass is 32.2. The molecule has 0 aromatic carbocycles. The van der Waals surface area contributed by atoms with Gasteiger partial charge in [-0.3, -0.25) is 4.79 Å². The lowest BCUT2D eigenvalue weighted by atomic mass is 10.4. The van der Waals surface area contributed by atoms with Crippen LogP contribution in [-0.4, -0.2) is 44.3 Å². The van der Waals surface area contributed by atoms with E-state index in [4.69, 9.17) is 4.42 Å². The third-order valence-corrected chi connectivity index (χ3v) is 4.20. The van der Waals surface area contributed by atoms with Gasteiger partial charge in [-0.15, -0.1) is 10.2 Å². The van der Waals surface area contributed by atoms with Crippen molar-refractivity contribution in [3.8, 4) is 11.6 Å². The fraction of sp³-hybridized carbons (Fsp3) is 0.462. The fourth-order valence-corrected chi connectivity index (χ4v) is 2.99. The number of H-pyrrole nitrogens is 1. The normalized spacial score (nSPS) is 16.6. The van der Waals surface area contributed by atoms with Gasteiger partial charge in [-0.2, -0.15) is 0 Å². The van der Waals surface area contributed by atoms with Crippen LogP contribution in [0.15, 0.2) is 28.0 Å². The van der Waals surface area contributed by atoms with Crippen molar-refractivity contribution in [2.24, 2.45) is 0 Å². The molecular weight excluding hydrogens is 276 g/mol. The number of amides is 1. The quantitative estimate of drug-likeness (QED) is 0.874. The molecule has 1 saturated heterocycles. The molecule has 2 aromatic rings. The number of hydrogen-bond acceptors (Lipinski definition) is 5. The topological polar surface area (TPSA) is 75.0 Å². The number of hydrogen-bond donors (Lipinski definition) is 1. The minimum absolute atomic E-state index is 0.145. The van der Waals surface area contributed by atoms with Crippen molar-refractivity contribution in [3.05, 3.63) is 18.3 Å². The summed E-state index contributed by atoms with van der Waals surface area (Å²) >= 11 is 1.31. The molecule has 0 bridgehead atoms. The summed E-state index contributed by atoms with van der Waals surface area (Å²) in [4.78, 5) is 17.1. The highest BCUT2D eigenvalue weighted by Crippen LogP contribution is 2.27. The van der Waals surface area contributed by atoms with Crippen molar-refractivity contribution >= 4 is 17.7 Å². The van der Waals surface area contributed by atoms with E-state index < -0.39 is 0 Å². The standard InChI is InChI=1S/C13H16N4O2S/c1-9(12(18)17-7-2-3-8-17)20-13-16-15-11(19-13)10-5-4-6-14-10/h4-6,9,14H,2-3,7-8H2,1H3/t9-/m1/s1. The number of aromatic nitrogens is 3. The van der Waals surface area contributed by atoms with Crippen LogP contribution in [0.2, 0.25) is 0 Å². The molecule has 0 spiro atoms. The second-order valence-corrected chi connectivity index (χ2v) is 6.04. The van der Waals surface area contributed by atoms with Crippen LogP contribution in [0, 0.1) is 0 Å². The van der Waals surface area contributed by atoms with Crippen LogP contribution in [0.25, 0.3) is 11.6 Å². The summed E-state index contributed by atoms with van der Waals surface area (Å²) in [5, 5.41) is 8.17. The van der Waals surface area contributed by atoms with Gasteiger partial charge in [0.15, 0.2) is 0 Å². The minimum atomic E-state index is -0.204. The Morgan fingerprint density at radius 3 is 2.95 bits per heavy atom. The molecule has 3 rings (SSSR count). The molecule has 1 amide bonds. The van der Waals surface area contributed by atoms with Crippen LogP contribution in [-0.2, 0) is 4.79 Å². The Kier molecular flexibility index (Phi) is 3.77. The zero-order valence-electron chi connectivity index (χ0n) is 11.2. The van der Waals surface area contributed by atoms with Crippen molar-refractivity contribution < 1.29 is 9.21 Å². The summed E-state index contributed by atoms with van der Waals surface area (Å²) in [7, 11) is 0. The number of likely N-dealkylation sites (tertiary alicyclic amines) is 1. The highest BCUT2D eigenvalue weighted by Gasteiger charge is 2.25. The van der Waals surface area contributed by atoms with E-state index in [9.17, 15) is 4.79 Å². The van der Waals surface area contributed by atoms with E-state index in [1.165, 1.54) is 11.8 Å². The summed E-state index contributed by atoms with van der Waals surface area (Å²) in [5.74, 6) is 0.588. The second kappa shape index (κ2) is 5.70. The molecule has 1 atom stereocenters. The van der Waals surface area contributed by atoms with Crippen LogP contribution >= 0.6 is 11.8 Å². The first-order chi connectivity index (χ1) is 9.74. The number of nitrogens with zero attached hydrogens (tertiary/aromatic N) is 3. The van der Waals surface area contributed by atoms with E-state index in [1.807, 2.05) is 24.0 Å². The van der Waals surface area contributed by atoms with E-state index in [0.717, 1.165) is 31.6 Å². The first-order valence-corrected chi connectivity index (χ1v) is 7.55. The van der Waals surface area contributed by atoms with Crippen molar-refractivity contribution in [2.75, 3.05) is 13.1 Å². The van der Waals surface area contributed by atoms with Crippen LogP contribution in [0.5, 0.6) is 0 Å². The predicted octanol–water partition coefficient (Wildman–Crippen LogP) is 2.17. The number of carbonyl (C=O) groups excluding carboxylic acids is 1. The summed E-state index contributed by atoms with van der Waals surface area (Å²) in [6, 6.07) is 3.73. The lowest BCUT2D eigenvalue weighted by molar-refractivity contribution is -0.129. The molecule has 2 aromatic heterocycles. The van der Waals surface area contributed by atoms with Crippen LogP contribution in [0.3, 0.4) is 0 Å². The summed E-state index contributed by atoms with van der Waals surface area (Å²) in [6.45, 7) is 3.60. The van der Waals surface area contributed by atoms with Gasteiger partial charge in [0, 0.05) is 19.3 Å². The Hall–Kier alpha value is -1.76. The molecule has 1 fully saturated rings. The van der Waals surface area contributed by atoms with Crippen molar-refractivity contribution in [2.45, 2.75) is 30.2 Å². The zero-order valence-corrected chi connectivity index (χ0v) is 12.0. The SMILES string of the molecule is C[C@@H](Sc1nnc(-c2ccc[nH]2)o1)C(=O)N1CCCC1. The average molecular weight is 292 g/mol. The first kappa shape index (κ1) is 13.2. The highest BCUT2D eigenvalue weighted by molar-refractivity contribution is 8.00. The third kappa shape index (κ3) is 2.72. The summed E-state index contributed by atoms with van der Waals surface area (Å²) < 4.78 is 5.55. The monoisotopic (exact) mass is 292 g/mol. The van der Waals surface area contributed by atoms with E-state index in [-0.39, 0.29) is 11.2 Å². The predicted molar refractivity (Wildman–Crippen MR) is 75.2 cm³/mol. The number of carbonyl (C=O) groups is 1.